The molecule has 0 aliphatic carbocycles. The average molecular weight is 370 g/mol. The summed E-state index contributed by atoms with van der Waals surface area (Å²) in [6, 6.07) is 16.0. The number of amides is 1. The SMILES string of the molecule is CC(C)(C)C(=O)NCCc1nc2ccccc2n1Cc1ccc(Cl)cc1. The van der Waals surface area contributed by atoms with Crippen LogP contribution in [0.2, 0.25) is 5.02 Å². The summed E-state index contributed by atoms with van der Waals surface area (Å²) in [5.74, 6) is 1.02. The average Bonchev–Trinajstić information content (AvgIpc) is 2.94. The van der Waals surface area contributed by atoms with E-state index in [-0.39, 0.29) is 11.3 Å². The van der Waals surface area contributed by atoms with Crippen molar-refractivity contribution in [1.82, 2.24) is 14.9 Å². The van der Waals surface area contributed by atoms with E-state index in [1.165, 1.54) is 0 Å². The normalized spacial score (nSPS) is 11.7. The van der Waals surface area contributed by atoms with E-state index in [9.17, 15) is 4.79 Å². The molecule has 136 valence electrons. The van der Waals surface area contributed by atoms with Crippen LogP contribution in [0.25, 0.3) is 11.0 Å². The van der Waals surface area contributed by atoms with Gasteiger partial charge in [-0.3, -0.25) is 4.79 Å². The lowest BCUT2D eigenvalue weighted by Gasteiger charge is -2.17. The number of nitrogens with one attached hydrogen (secondary N) is 1. The van der Waals surface area contributed by atoms with Gasteiger partial charge in [-0.2, -0.15) is 0 Å². The number of nitrogens with zero attached hydrogens (tertiary/aromatic N) is 2. The number of carbonyl (C=O) groups is 1. The largest absolute Gasteiger partial charge is 0.355 e. The summed E-state index contributed by atoms with van der Waals surface area (Å²) in [5, 5.41) is 3.74. The Hall–Kier alpha value is -2.33. The third-order valence-electron chi connectivity index (χ3n) is 4.30. The zero-order chi connectivity index (χ0) is 18.7. The van der Waals surface area contributed by atoms with Crippen molar-refractivity contribution in [3.8, 4) is 0 Å². The molecule has 0 saturated heterocycles. The molecule has 2 aromatic carbocycles. The summed E-state index contributed by atoms with van der Waals surface area (Å²) in [6.07, 6.45) is 0.685. The van der Waals surface area contributed by atoms with Crippen LogP contribution in [0.1, 0.15) is 32.2 Å². The highest BCUT2D eigenvalue weighted by Gasteiger charge is 2.20. The minimum absolute atomic E-state index is 0.0536. The number of hydrogen-bond donors (Lipinski definition) is 1. The molecule has 1 amide bonds. The zero-order valence-corrected chi connectivity index (χ0v) is 16.2. The lowest BCUT2D eigenvalue weighted by Crippen LogP contribution is -2.36. The van der Waals surface area contributed by atoms with Gasteiger partial charge in [0.1, 0.15) is 5.82 Å². The number of fused-ring (bicyclic) bond motifs is 1. The smallest absolute Gasteiger partial charge is 0.225 e. The Kier molecular flexibility index (Phi) is 5.33. The molecule has 1 heterocycles. The van der Waals surface area contributed by atoms with Crippen LogP contribution in [0.15, 0.2) is 48.5 Å². The Morgan fingerprint density at radius 2 is 1.81 bits per heavy atom. The Labute approximate surface area is 159 Å². The van der Waals surface area contributed by atoms with E-state index < -0.39 is 0 Å². The molecule has 26 heavy (non-hydrogen) atoms. The molecule has 0 spiro atoms. The first-order valence-corrected chi connectivity index (χ1v) is 9.19. The van der Waals surface area contributed by atoms with E-state index in [2.05, 4.69) is 16.0 Å². The second-order valence-electron chi connectivity index (χ2n) is 7.49. The maximum absolute atomic E-state index is 12.1. The second kappa shape index (κ2) is 7.50. The van der Waals surface area contributed by atoms with E-state index in [1.807, 2.05) is 63.2 Å². The fourth-order valence-corrected chi connectivity index (χ4v) is 2.94. The molecule has 0 bridgehead atoms. The van der Waals surface area contributed by atoms with E-state index in [0.29, 0.717) is 13.0 Å². The number of aromatic nitrogens is 2. The van der Waals surface area contributed by atoms with Crippen LogP contribution in [-0.4, -0.2) is 22.0 Å². The van der Waals surface area contributed by atoms with Crippen LogP contribution in [-0.2, 0) is 17.8 Å². The van der Waals surface area contributed by atoms with Gasteiger partial charge in [0, 0.05) is 29.9 Å². The Bertz CT molecular complexity index is 907. The molecule has 3 aromatic rings. The minimum Gasteiger partial charge on any atom is -0.355 e. The predicted octanol–water partition coefficient (Wildman–Crippen LogP) is 4.44. The molecule has 0 atom stereocenters. The fourth-order valence-electron chi connectivity index (χ4n) is 2.82. The lowest BCUT2D eigenvalue weighted by molar-refractivity contribution is -0.128. The molecule has 0 saturated carbocycles. The van der Waals surface area contributed by atoms with Crippen molar-refractivity contribution >= 4 is 28.5 Å². The molecule has 4 nitrogen and oxygen atoms in total. The van der Waals surface area contributed by atoms with Gasteiger partial charge >= 0.3 is 0 Å². The van der Waals surface area contributed by atoms with E-state index >= 15 is 0 Å². The van der Waals surface area contributed by atoms with Gasteiger partial charge in [0.25, 0.3) is 0 Å². The van der Waals surface area contributed by atoms with Crippen LogP contribution < -0.4 is 5.32 Å². The topological polar surface area (TPSA) is 46.9 Å². The summed E-state index contributed by atoms with van der Waals surface area (Å²) >= 11 is 6.00. The maximum Gasteiger partial charge on any atom is 0.225 e. The zero-order valence-electron chi connectivity index (χ0n) is 15.4. The van der Waals surface area contributed by atoms with Gasteiger partial charge in [-0.1, -0.05) is 56.6 Å². The van der Waals surface area contributed by atoms with Crippen molar-refractivity contribution in [3.63, 3.8) is 0 Å². The predicted molar refractivity (Wildman–Crippen MR) is 106 cm³/mol. The Morgan fingerprint density at radius 1 is 1.12 bits per heavy atom. The fraction of sp³-hybridized carbons (Fsp3) is 0.333. The second-order valence-corrected chi connectivity index (χ2v) is 7.92. The molecular weight excluding hydrogens is 346 g/mol. The number of para-hydroxylation sites is 2. The van der Waals surface area contributed by atoms with E-state index in [0.717, 1.165) is 34.0 Å². The van der Waals surface area contributed by atoms with Crippen LogP contribution in [0.3, 0.4) is 0 Å². The maximum atomic E-state index is 12.1. The molecule has 1 aromatic heterocycles. The Morgan fingerprint density at radius 3 is 2.50 bits per heavy atom. The van der Waals surface area contributed by atoms with Gasteiger partial charge in [-0.15, -0.1) is 0 Å². The molecule has 0 fully saturated rings. The number of carbonyl (C=O) groups excluding carboxylic acids is 1. The van der Waals surface area contributed by atoms with Crippen molar-refractivity contribution < 1.29 is 4.79 Å². The highest BCUT2D eigenvalue weighted by atomic mass is 35.5. The van der Waals surface area contributed by atoms with E-state index in [1.54, 1.807) is 0 Å². The summed E-state index contributed by atoms with van der Waals surface area (Å²) in [7, 11) is 0. The summed E-state index contributed by atoms with van der Waals surface area (Å²) in [6.45, 7) is 7.04. The first-order valence-electron chi connectivity index (χ1n) is 8.81. The molecule has 0 radical (unpaired) electrons. The number of benzene rings is 2. The molecular formula is C21H24ClN3O. The number of halogens is 1. The summed E-state index contributed by atoms with van der Waals surface area (Å²) in [4.78, 5) is 16.9. The first kappa shape index (κ1) is 18.5. The van der Waals surface area contributed by atoms with Gasteiger partial charge < -0.3 is 9.88 Å². The third kappa shape index (κ3) is 4.25. The molecule has 3 rings (SSSR count). The monoisotopic (exact) mass is 369 g/mol. The quantitative estimate of drug-likeness (QED) is 0.722. The Balaban J connectivity index is 1.82. The van der Waals surface area contributed by atoms with Crippen molar-refractivity contribution in [2.75, 3.05) is 6.54 Å². The molecule has 1 N–H and O–H groups in total. The molecule has 0 aliphatic heterocycles. The number of rotatable bonds is 5. The number of hydrogen-bond acceptors (Lipinski definition) is 2. The third-order valence-corrected chi connectivity index (χ3v) is 4.55. The minimum atomic E-state index is -0.385. The standard InChI is InChI=1S/C21H24ClN3O/c1-21(2,3)20(26)23-13-12-19-24-17-6-4-5-7-18(17)25(19)14-15-8-10-16(22)11-9-15/h4-11H,12-14H2,1-3H3,(H,23,26). The van der Waals surface area contributed by atoms with Crippen molar-refractivity contribution in [2.45, 2.75) is 33.7 Å². The van der Waals surface area contributed by atoms with Gasteiger partial charge in [0.05, 0.1) is 11.0 Å². The molecule has 5 heteroatoms. The van der Waals surface area contributed by atoms with E-state index in [4.69, 9.17) is 16.6 Å². The summed E-state index contributed by atoms with van der Waals surface area (Å²) in [5.41, 5.74) is 2.85. The lowest BCUT2D eigenvalue weighted by atomic mass is 9.96. The van der Waals surface area contributed by atoms with Crippen LogP contribution in [0.5, 0.6) is 0 Å². The van der Waals surface area contributed by atoms with Crippen molar-refractivity contribution in [3.05, 3.63) is 64.9 Å². The number of imidazole rings is 1. The highest BCUT2D eigenvalue weighted by molar-refractivity contribution is 6.30. The molecule has 0 aliphatic rings. The van der Waals surface area contributed by atoms with Gasteiger partial charge in [0.15, 0.2) is 0 Å². The summed E-state index contributed by atoms with van der Waals surface area (Å²) < 4.78 is 2.21. The first-order chi connectivity index (χ1) is 12.3. The van der Waals surface area contributed by atoms with Crippen LogP contribution in [0.4, 0.5) is 0 Å². The van der Waals surface area contributed by atoms with Crippen molar-refractivity contribution in [1.29, 1.82) is 0 Å². The van der Waals surface area contributed by atoms with Crippen molar-refractivity contribution in [2.24, 2.45) is 5.41 Å². The van der Waals surface area contributed by atoms with Crippen LogP contribution >= 0.6 is 11.6 Å². The highest BCUT2D eigenvalue weighted by Crippen LogP contribution is 2.19. The van der Waals surface area contributed by atoms with Crippen LogP contribution in [0, 0.1) is 5.41 Å². The molecule has 0 unspecified atom stereocenters. The van der Waals surface area contributed by atoms with Gasteiger partial charge in [-0.05, 0) is 29.8 Å². The van der Waals surface area contributed by atoms with Gasteiger partial charge in [-0.25, -0.2) is 4.98 Å². The van der Waals surface area contributed by atoms with Gasteiger partial charge in [0.2, 0.25) is 5.91 Å².